The Hall–Kier alpha value is -4.13. The first-order chi connectivity index (χ1) is 18.9. The summed E-state index contributed by atoms with van der Waals surface area (Å²) in [6.07, 6.45) is 0.750. The molecule has 0 saturated carbocycles. The van der Waals surface area contributed by atoms with E-state index in [2.05, 4.69) is 20.5 Å². The lowest BCUT2D eigenvalue weighted by molar-refractivity contribution is -0.120. The molecular weight excluding hydrogens is 522 g/mol. The first-order valence-electron chi connectivity index (χ1n) is 12.7. The van der Waals surface area contributed by atoms with Gasteiger partial charge in [-0.1, -0.05) is 17.4 Å². The molecule has 1 fully saturated rings. The molecule has 1 saturated heterocycles. The summed E-state index contributed by atoms with van der Waals surface area (Å²) in [6, 6.07) is 5.86. The van der Waals surface area contributed by atoms with Crippen molar-refractivity contribution in [1.82, 2.24) is 20.3 Å². The zero-order valence-electron chi connectivity index (χ0n) is 22.4. The van der Waals surface area contributed by atoms with Crippen molar-refractivity contribution in [2.75, 3.05) is 62.1 Å². The van der Waals surface area contributed by atoms with E-state index in [-0.39, 0.29) is 19.1 Å². The van der Waals surface area contributed by atoms with Gasteiger partial charge in [-0.05, 0) is 38.0 Å². The Morgan fingerprint density at radius 3 is 2.67 bits per heavy atom. The molecule has 1 amide bonds. The van der Waals surface area contributed by atoms with Gasteiger partial charge in [0.15, 0.2) is 16.6 Å². The van der Waals surface area contributed by atoms with E-state index in [1.807, 2.05) is 23.1 Å². The molecular formula is C26H31N7O5S. The molecule has 2 N–H and O–H groups in total. The fourth-order valence-corrected chi connectivity index (χ4v) is 5.57. The first-order valence-corrected chi connectivity index (χ1v) is 13.5. The predicted molar refractivity (Wildman–Crippen MR) is 148 cm³/mol. The topological polar surface area (TPSA) is 131 Å². The molecule has 12 nitrogen and oxygen atoms in total. The van der Waals surface area contributed by atoms with Gasteiger partial charge in [-0.3, -0.25) is 10.1 Å². The lowest BCUT2D eigenvalue weighted by Crippen LogP contribution is -2.48. The second-order valence-electron chi connectivity index (χ2n) is 9.08. The van der Waals surface area contributed by atoms with Gasteiger partial charge in [0, 0.05) is 31.7 Å². The molecule has 0 aliphatic carbocycles. The number of piperazine rings is 1. The molecule has 206 valence electrons. The predicted octanol–water partition coefficient (Wildman–Crippen LogP) is 2.68. The molecule has 39 heavy (non-hydrogen) atoms. The zero-order chi connectivity index (χ0) is 27.5. The van der Waals surface area contributed by atoms with Gasteiger partial charge in [0.05, 0.1) is 33.1 Å². The third kappa shape index (κ3) is 5.53. The Kier molecular flexibility index (Phi) is 7.68. The quantitative estimate of drug-likeness (QED) is 0.379. The molecule has 0 unspecified atom stereocenters. The Bertz CT molecular complexity index is 1400. The molecule has 0 spiro atoms. The third-order valence-electron chi connectivity index (χ3n) is 6.53. The van der Waals surface area contributed by atoms with Crippen molar-refractivity contribution in [1.29, 1.82) is 0 Å². The fourth-order valence-electron chi connectivity index (χ4n) is 4.72. The normalized spacial score (nSPS) is 14.6. The molecule has 0 radical (unpaired) electrons. The van der Waals surface area contributed by atoms with Crippen LogP contribution in [0.25, 0.3) is 0 Å². The van der Waals surface area contributed by atoms with Gasteiger partial charge in [0.25, 0.3) is 0 Å². The Morgan fingerprint density at radius 2 is 1.92 bits per heavy atom. The number of rotatable bonds is 9. The number of ether oxygens (including phenoxy) is 3. The van der Waals surface area contributed by atoms with Crippen LogP contribution in [-0.2, 0) is 22.5 Å². The highest BCUT2D eigenvalue weighted by molar-refractivity contribution is 7.17. The van der Waals surface area contributed by atoms with E-state index >= 15 is 0 Å². The number of esters is 1. The van der Waals surface area contributed by atoms with E-state index in [0.717, 1.165) is 35.7 Å². The number of carbonyl (C=O) groups excluding carboxylic acids is 2. The number of amides is 1. The second kappa shape index (κ2) is 11.3. The number of benzene rings is 1. The average molecular weight is 554 g/mol. The number of anilines is 4. The third-order valence-corrected chi connectivity index (χ3v) is 7.58. The minimum Gasteiger partial charge on any atom is -0.493 e. The molecule has 13 heteroatoms. The van der Waals surface area contributed by atoms with E-state index in [1.165, 1.54) is 11.3 Å². The molecule has 2 aromatic heterocycles. The van der Waals surface area contributed by atoms with Gasteiger partial charge in [-0.25, -0.2) is 9.78 Å². The van der Waals surface area contributed by atoms with Crippen LogP contribution >= 0.6 is 11.3 Å². The van der Waals surface area contributed by atoms with Gasteiger partial charge in [0.1, 0.15) is 16.5 Å². The number of carbonyl (C=O) groups is 2. The molecule has 4 heterocycles. The van der Waals surface area contributed by atoms with Crippen LogP contribution in [0.1, 0.15) is 33.4 Å². The molecule has 2 aliphatic rings. The van der Waals surface area contributed by atoms with Gasteiger partial charge < -0.3 is 29.3 Å². The van der Waals surface area contributed by atoms with Crippen LogP contribution in [0.5, 0.6) is 11.5 Å². The van der Waals surface area contributed by atoms with Crippen LogP contribution in [-0.4, -0.2) is 73.8 Å². The van der Waals surface area contributed by atoms with Crippen molar-refractivity contribution in [3.05, 3.63) is 39.9 Å². The van der Waals surface area contributed by atoms with Gasteiger partial charge >= 0.3 is 5.97 Å². The van der Waals surface area contributed by atoms with Crippen molar-refractivity contribution < 1.29 is 23.8 Å². The van der Waals surface area contributed by atoms with Gasteiger partial charge in [-0.2, -0.15) is 9.97 Å². The highest BCUT2D eigenvalue weighted by atomic mass is 32.1. The highest BCUT2D eigenvalue weighted by Crippen LogP contribution is 2.37. The summed E-state index contributed by atoms with van der Waals surface area (Å²) >= 11 is 1.19. The van der Waals surface area contributed by atoms with Gasteiger partial charge in [0.2, 0.25) is 11.9 Å². The molecule has 3 aromatic rings. The largest absolute Gasteiger partial charge is 0.493 e. The first kappa shape index (κ1) is 26.5. The minimum absolute atomic E-state index is 0.0436. The summed E-state index contributed by atoms with van der Waals surface area (Å²) in [6.45, 7) is 6.59. The van der Waals surface area contributed by atoms with Crippen molar-refractivity contribution in [2.24, 2.45) is 0 Å². The minimum atomic E-state index is -0.406. The number of hydrogen-bond acceptors (Lipinski definition) is 12. The number of nitrogens with one attached hydrogen (secondary N) is 2. The maximum atomic E-state index is 12.3. The molecule has 5 rings (SSSR count). The van der Waals surface area contributed by atoms with Crippen molar-refractivity contribution >= 4 is 45.9 Å². The zero-order valence-corrected chi connectivity index (χ0v) is 23.2. The lowest BCUT2D eigenvalue weighted by atomic mass is 10.2. The van der Waals surface area contributed by atoms with Crippen molar-refractivity contribution in [3.63, 3.8) is 0 Å². The smallest absolute Gasteiger partial charge is 0.350 e. The van der Waals surface area contributed by atoms with E-state index in [1.54, 1.807) is 28.1 Å². The summed E-state index contributed by atoms with van der Waals surface area (Å²) in [4.78, 5) is 43.3. The molecule has 1 aromatic carbocycles. The Balaban J connectivity index is 1.48. The van der Waals surface area contributed by atoms with E-state index in [4.69, 9.17) is 24.2 Å². The van der Waals surface area contributed by atoms with Crippen molar-refractivity contribution in [2.45, 2.75) is 26.8 Å². The maximum Gasteiger partial charge on any atom is 0.350 e. The fraction of sp³-hybridized carbons (Fsp3) is 0.423. The van der Waals surface area contributed by atoms with E-state index in [0.29, 0.717) is 52.8 Å². The van der Waals surface area contributed by atoms with Gasteiger partial charge in [-0.15, -0.1) is 0 Å². The number of hydrogen-bond donors (Lipinski definition) is 2. The Labute approximate surface area is 230 Å². The van der Waals surface area contributed by atoms with Crippen LogP contribution in [0.4, 0.5) is 22.7 Å². The van der Waals surface area contributed by atoms with E-state index in [9.17, 15) is 9.59 Å². The number of thiazole rings is 1. The average Bonchev–Trinajstić information content (AvgIpc) is 3.51. The molecule has 0 atom stereocenters. The lowest BCUT2D eigenvalue weighted by Gasteiger charge is -2.29. The number of aryl methyl sites for hydroxylation is 1. The van der Waals surface area contributed by atoms with E-state index < -0.39 is 5.97 Å². The number of aromatic nitrogens is 3. The number of fused-ring (bicyclic) bond motifs is 1. The van der Waals surface area contributed by atoms with Crippen LogP contribution in [0.3, 0.4) is 0 Å². The van der Waals surface area contributed by atoms with Crippen molar-refractivity contribution in [3.8, 4) is 11.5 Å². The SMILES string of the molecule is CCOC(=O)c1sc(Nc2nc(N3CCNC(=O)C3)c3c(n2)N(Cc2ccc(OC)c(OC)c2)CC3)nc1C. The second-order valence-corrected chi connectivity index (χ2v) is 10.1. The monoisotopic (exact) mass is 553 g/mol. The van der Waals surface area contributed by atoms with Crippen LogP contribution in [0.15, 0.2) is 18.2 Å². The maximum absolute atomic E-state index is 12.3. The molecule has 0 bridgehead atoms. The molecule has 2 aliphatic heterocycles. The highest BCUT2D eigenvalue weighted by Gasteiger charge is 2.30. The summed E-state index contributed by atoms with van der Waals surface area (Å²) < 4.78 is 16.0. The summed E-state index contributed by atoms with van der Waals surface area (Å²) in [5, 5.41) is 6.55. The summed E-state index contributed by atoms with van der Waals surface area (Å²) in [5.74, 6) is 2.75. The van der Waals surface area contributed by atoms with Crippen LogP contribution in [0.2, 0.25) is 0 Å². The Morgan fingerprint density at radius 1 is 1.13 bits per heavy atom. The summed E-state index contributed by atoms with van der Waals surface area (Å²) in [5.41, 5.74) is 2.62. The number of methoxy groups -OCH3 is 2. The summed E-state index contributed by atoms with van der Waals surface area (Å²) in [7, 11) is 3.23. The van der Waals surface area contributed by atoms with Crippen LogP contribution < -0.4 is 29.9 Å². The standard InChI is InChI=1S/C26H31N7O5S/c1-5-38-24(35)21-15(2)28-26(39-21)31-25-29-22-17(23(30-25)33-11-9-27-20(34)14-33)8-10-32(22)13-16-6-7-18(36-3)19(12-16)37-4/h6-7,12H,5,8-11,13-14H2,1-4H3,(H,27,34)(H,28,29,30,31). The van der Waals surface area contributed by atoms with Crippen LogP contribution in [0, 0.1) is 6.92 Å². The number of nitrogens with zero attached hydrogens (tertiary/aromatic N) is 5.